The molecule has 0 spiro atoms. The highest BCUT2D eigenvalue weighted by Gasteiger charge is 2.27. The zero-order valence-electron chi connectivity index (χ0n) is 13.5. The van der Waals surface area contributed by atoms with Crippen molar-refractivity contribution >= 4 is 11.6 Å². The lowest BCUT2D eigenvalue weighted by Crippen LogP contribution is -2.39. The molecule has 2 atom stereocenters. The molecule has 3 heteroatoms. The van der Waals surface area contributed by atoms with Crippen molar-refractivity contribution in [1.82, 2.24) is 4.90 Å². The van der Waals surface area contributed by atoms with E-state index in [9.17, 15) is 0 Å². The maximum absolute atomic E-state index is 6.49. The van der Waals surface area contributed by atoms with Crippen molar-refractivity contribution in [2.75, 3.05) is 13.1 Å². The monoisotopic (exact) mass is 320 g/mol. The minimum absolute atomic E-state index is 0.429. The van der Waals surface area contributed by atoms with Gasteiger partial charge in [-0.05, 0) is 68.2 Å². The van der Waals surface area contributed by atoms with E-state index >= 15 is 0 Å². The minimum Gasteiger partial charge on any atom is -0.327 e. The molecular weight excluding hydrogens is 292 g/mol. The Bertz CT molecular complexity index is 470. The van der Waals surface area contributed by atoms with Crippen molar-refractivity contribution in [3.63, 3.8) is 0 Å². The van der Waals surface area contributed by atoms with Crippen LogP contribution < -0.4 is 5.73 Å². The Hall–Kier alpha value is -0.570. The predicted molar refractivity (Wildman–Crippen MR) is 94.0 cm³/mol. The van der Waals surface area contributed by atoms with Gasteiger partial charge in [0.05, 0.1) is 0 Å². The molecule has 122 valence electrons. The van der Waals surface area contributed by atoms with Crippen LogP contribution in [0.1, 0.15) is 50.5 Å². The van der Waals surface area contributed by atoms with Gasteiger partial charge in [-0.3, -0.25) is 4.90 Å². The second kappa shape index (κ2) is 7.81. The summed E-state index contributed by atoms with van der Waals surface area (Å²) < 4.78 is 0. The Morgan fingerprint density at radius 1 is 1.18 bits per heavy atom. The number of rotatable bonds is 5. The molecule has 0 amide bonds. The Kier molecular flexibility index (Phi) is 5.78. The first-order valence-electron chi connectivity index (χ1n) is 8.93. The number of piperidine rings is 1. The summed E-state index contributed by atoms with van der Waals surface area (Å²) in [7, 11) is 0. The molecule has 1 aliphatic carbocycles. The number of hydrogen-bond acceptors (Lipinski definition) is 2. The first kappa shape index (κ1) is 16.3. The summed E-state index contributed by atoms with van der Waals surface area (Å²) in [6, 6.07) is 8.70. The van der Waals surface area contributed by atoms with Crippen LogP contribution in [0.25, 0.3) is 0 Å². The summed E-state index contributed by atoms with van der Waals surface area (Å²) in [6.07, 6.45) is 9.39. The Morgan fingerprint density at radius 2 is 2.00 bits per heavy atom. The summed E-state index contributed by atoms with van der Waals surface area (Å²) in [5.41, 5.74) is 7.82. The Balaban J connectivity index is 1.50. The first-order chi connectivity index (χ1) is 10.7. The molecule has 0 aromatic heterocycles. The van der Waals surface area contributed by atoms with Gasteiger partial charge in [0, 0.05) is 24.2 Å². The van der Waals surface area contributed by atoms with Crippen molar-refractivity contribution in [2.24, 2.45) is 17.6 Å². The van der Waals surface area contributed by atoms with Crippen molar-refractivity contribution in [2.45, 2.75) is 57.5 Å². The molecule has 1 aromatic rings. The zero-order chi connectivity index (χ0) is 15.4. The van der Waals surface area contributed by atoms with Crippen LogP contribution in [-0.2, 0) is 6.54 Å². The zero-order valence-corrected chi connectivity index (χ0v) is 14.3. The second-order valence-electron chi connectivity index (χ2n) is 7.32. The smallest absolute Gasteiger partial charge is 0.0409 e. The van der Waals surface area contributed by atoms with Gasteiger partial charge in [-0.2, -0.15) is 0 Å². The van der Waals surface area contributed by atoms with Crippen LogP contribution in [0, 0.1) is 11.8 Å². The first-order valence-corrected chi connectivity index (χ1v) is 9.31. The van der Waals surface area contributed by atoms with E-state index in [1.165, 1.54) is 63.6 Å². The largest absolute Gasteiger partial charge is 0.327 e. The molecule has 2 fully saturated rings. The van der Waals surface area contributed by atoms with Crippen LogP contribution in [-0.4, -0.2) is 24.0 Å². The predicted octanol–water partition coefficient (Wildman–Crippen LogP) is 4.46. The van der Waals surface area contributed by atoms with E-state index in [0.29, 0.717) is 6.04 Å². The van der Waals surface area contributed by atoms with Gasteiger partial charge in [-0.1, -0.05) is 36.6 Å². The molecule has 0 radical (unpaired) electrons. The van der Waals surface area contributed by atoms with Crippen LogP contribution in [0.5, 0.6) is 0 Å². The highest BCUT2D eigenvalue weighted by Crippen LogP contribution is 2.31. The number of benzene rings is 1. The van der Waals surface area contributed by atoms with Crippen molar-refractivity contribution in [3.05, 3.63) is 34.9 Å². The fraction of sp³-hybridized carbons (Fsp3) is 0.684. The fourth-order valence-electron chi connectivity index (χ4n) is 4.34. The average molecular weight is 321 g/mol. The molecule has 3 rings (SSSR count). The lowest BCUT2D eigenvalue weighted by Gasteiger charge is -2.35. The highest BCUT2D eigenvalue weighted by atomic mass is 35.5. The van der Waals surface area contributed by atoms with Gasteiger partial charge in [-0.25, -0.2) is 0 Å². The number of nitrogens with zero attached hydrogens (tertiary/aromatic N) is 1. The van der Waals surface area contributed by atoms with Gasteiger partial charge in [-0.15, -0.1) is 0 Å². The van der Waals surface area contributed by atoms with E-state index in [0.717, 1.165) is 23.4 Å². The molecule has 1 aliphatic heterocycles. The van der Waals surface area contributed by atoms with Crippen LogP contribution >= 0.6 is 11.6 Å². The van der Waals surface area contributed by atoms with E-state index < -0.39 is 0 Å². The standard InChI is InChI=1S/C19H29ClN2/c20-18-9-3-5-15(11-18)13-22-10-4-6-16(14-22)12-19(21)17-7-1-2-8-17/h3,5,9,11,16-17,19H,1-2,4,6-8,10,12-14,21H2. The summed E-state index contributed by atoms with van der Waals surface area (Å²) in [6.45, 7) is 3.43. The van der Waals surface area contributed by atoms with E-state index in [2.05, 4.69) is 23.1 Å². The van der Waals surface area contributed by atoms with E-state index in [1.54, 1.807) is 0 Å². The normalized spacial score (nSPS) is 25.5. The van der Waals surface area contributed by atoms with Crippen molar-refractivity contribution in [3.8, 4) is 0 Å². The van der Waals surface area contributed by atoms with Gasteiger partial charge >= 0.3 is 0 Å². The number of hydrogen-bond donors (Lipinski definition) is 1. The SMILES string of the molecule is NC(CC1CCCN(Cc2cccc(Cl)c2)C1)C1CCCC1. The van der Waals surface area contributed by atoms with Gasteiger partial charge in [0.2, 0.25) is 0 Å². The average Bonchev–Trinajstić information content (AvgIpc) is 3.02. The maximum atomic E-state index is 6.49. The second-order valence-corrected chi connectivity index (χ2v) is 7.75. The third-order valence-electron chi connectivity index (χ3n) is 5.51. The molecule has 2 unspecified atom stereocenters. The van der Waals surface area contributed by atoms with Gasteiger partial charge in [0.15, 0.2) is 0 Å². The molecule has 2 aliphatic rings. The van der Waals surface area contributed by atoms with E-state index in [-0.39, 0.29) is 0 Å². The minimum atomic E-state index is 0.429. The van der Waals surface area contributed by atoms with Crippen LogP contribution in [0.15, 0.2) is 24.3 Å². The third kappa shape index (κ3) is 4.47. The van der Waals surface area contributed by atoms with Gasteiger partial charge < -0.3 is 5.73 Å². The summed E-state index contributed by atoms with van der Waals surface area (Å²) >= 11 is 6.10. The molecule has 0 bridgehead atoms. The fourth-order valence-corrected chi connectivity index (χ4v) is 4.56. The molecule has 1 saturated carbocycles. The van der Waals surface area contributed by atoms with Crippen LogP contribution in [0.2, 0.25) is 5.02 Å². The summed E-state index contributed by atoms with van der Waals surface area (Å²) in [5.74, 6) is 1.58. The Labute approximate surface area is 140 Å². The van der Waals surface area contributed by atoms with E-state index in [1.807, 2.05) is 6.07 Å². The summed E-state index contributed by atoms with van der Waals surface area (Å²) in [5, 5.41) is 0.842. The lowest BCUT2D eigenvalue weighted by molar-refractivity contribution is 0.150. The van der Waals surface area contributed by atoms with Gasteiger partial charge in [0.25, 0.3) is 0 Å². The quantitative estimate of drug-likeness (QED) is 0.868. The Morgan fingerprint density at radius 3 is 2.77 bits per heavy atom. The van der Waals surface area contributed by atoms with Crippen molar-refractivity contribution < 1.29 is 0 Å². The van der Waals surface area contributed by atoms with Crippen LogP contribution in [0.3, 0.4) is 0 Å². The number of halogens is 1. The molecule has 2 nitrogen and oxygen atoms in total. The number of likely N-dealkylation sites (tertiary alicyclic amines) is 1. The third-order valence-corrected chi connectivity index (χ3v) is 5.74. The van der Waals surface area contributed by atoms with E-state index in [4.69, 9.17) is 17.3 Å². The van der Waals surface area contributed by atoms with Crippen LogP contribution in [0.4, 0.5) is 0 Å². The summed E-state index contributed by atoms with van der Waals surface area (Å²) in [4.78, 5) is 2.58. The highest BCUT2D eigenvalue weighted by molar-refractivity contribution is 6.30. The molecule has 1 heterocycles. The molecule has 22 heavy (non-hydrogen) atoms. The molecule has 2 N–H and O–H groups in total. The van der Waals surface area contributed by atoms with Crippen molar-refractivity contribution in [1.29, 1.82) is 0 Å². The lowest BCUT2D eigenvalue weighted by atomic mass is 9.86. The molecule has 1 aromatic carbocycles. The molecule has 1 saturated heterocycles. The topological polar surface area (TPSA) is 29.3 Å². The number of nitrogens with two attached hydrogens (primary N) is 1. The van der Waals surface area contributed by atoms with Gasteiger partial charge in [0.1, 0.15) is 0 Å². The maximum Gasteiger partial charge on any atom is 0.0409 e. The molecular formula is C19H29ClN2.